The van der Waals surface area contributed by atoms with Gasteiger partial charge in [-0.2, -0.15) is 0 Å². The summed E-state index contributed by atoms with van der Waals surface area (Å²) in [4.78, 5) is 30.3. The van der Waals surface area contributed by atoms with Gasteiger partial charge in [0.1, 0.15) is 10.8 Å². The van der Waals surface area contributed by atoms with E-state index in [9.17, 15) is 14.0 Å². The van der Waals surface area contributed by atoms with E-state index in [1.165, 1.54) is 29.5 Å². The maximum absolute atomic E-state index is 13.4. The molecule has 0 fully saturated rings. The lowest BCUT2D eigenvalue weighted by Gasteiger charge is -2.21. The number of ether oxygens (including phenoxy) is 2. The van der Waals surface area contributed by atoms with Crippen molar-refractivity contribution in [2.45, 2.75) is 19.9 Å². The summed E-state index contributed by atoms with van der Waals surface area (Å²) in [6, 6.07) is 5.56. The summed E-state index contributed by atoms with van der Waals surface area (Å²) in [5.74, 6) is -1.25. The minimum absolute atomic E-state index is 0.224. The SMILES string of the molecule is CCOC(=O)c1csc(CN(CCCOC)C(=O)c2cccc(F)c2)n1. The van der Waals surface area contributed by atoms with Crippen LogP contribution in [0.25, 0.3) is 0 Å². The second-order valence-corrected chi connectivity index (χ2v) is 6.37. The van der Waals surface area contributed by atoms with Gasteiger partial charge in [0.05, 0.1) is 13.2 Å². The predicted molar refractivity (Wildman–Crippen MR) is 95.7 cm³/mol. The maximum atomic E-state index is 13.4. The number of amides is 1. The summed E-state index contributed by atoms with van der Waals surface area (Å²) in [6.07, 6.45) is 0.633. The van der Waals surface area contributed by atoms with Crippen molar-refractivity contribution in [2.24, 2.45) is 0 Å². The number of methoxy groups -OCH3 is 1. The quantitative estimate of drug-likeness (QED) is 0.494. The molecule has 0 N–H and O–H groups in total. The Morgan fingerprint density at radius 3 is 2.85 bits per heavy atom. The molecule has 0 bridgehead atoms. The molecule has 6 nitrogen and oxygen atoms in total. The van der Waals surface area contributed by atoms with Gasteiger partial charge in [0, 0.05) is 31.2 Å². The van der Waals surface area contributed by atoms with E-state index in [1.54, 1.807) is 30.4 Å². The smallest absolute Gasteiger partial charge is 0.357 e. The highest BCUT2D eigenvalue weighted by molar-refractivity contribution is 7.09. The molecule has 0 spiro atoms. The van der Waals surface area contributed by atoms with E-state index in [0.717, 1.165) is 0 Å². The highest BCUT2D eigenvalue weighted by atomic mass is 32.1. The first kappa shape index (κ1) is 20.0. The van der Waals surface area contributed by atoms with Crippen LogP contribution in [-0.4, -0.2) is 48.6 Å². The molecule has 1 aromatic heterocycles. The Morgan fingerprint density at radius 1 is 1.35 bits per heavy atom. The lowest BCUT2D eigenvalue weighted by Crippen LogP contribution is -2.32. The van der Waals surface area contributed by atoms with Crippen molar-refractivity contribution >= 4 is 23.2 Å². The topological polar surface area (TPSA) is 68.7 Å². The van der Waals surface area contributed by atoms with Crippen LogP contribution in [0.2, 0.25) is 0 Å². The number of halogens is 1. The Bertz CT molecular complexity index is 750. The number of esters is 1. The molecular formula is C18H21FN2O4S. The minimum atomic E-state index is -0.489. The molecule has 1 amide bonds. The molecule has 0 unspecified atom stereocenters. The van der Waals surface area contributed by atoms with Crippen LogP contribution in [0.3, 0.4) is 0 Å². The molecular weight excluding hydrogens is 359 g/mol. The van der Waals surface area contributed by atoms with Crippen LogP contribution in [0, 0.1) is 5.82 Å². The first-order valence-corrected chi connectivity index (χ1v) is 9.08. The van der Waals surface area contributed by atoms with Crippen molar-refractivity contribution in [1.82, 2.24) is 9.88 Å². The molecule has 0 radical (unpaired) electrons. The van der Waals surface area contributed by atoms with Crippen LogP contribution in [0.5, 0.6) is 0 Å². The van der Waals surface area contributed by atoms with E-state index in [0.29, 0.717) is 24.6 Å². The number of rotatable bonds is 9. The van der Waals surface area contributed by atoms with Gasteiger partial charge in [-0.05, 0) is 31.5 Å². The van der Waals surface area contributed by atoms with E-state index in [2.05, 4.69) is 4.98 Å². The number of carbonyl (C=O) groups is 2. The number of benzene rings is 1. The number of aromatic nitrogens is 1. The molecule has 8 heteroatoms. The van der Waals surface area contributed by atoms with Crippen LogP contribution in [-0.2, 0) is 16.0 Å². The second kappa shape index (κ2) is 9.98. The fourth-order valence-electron chi connectivity index (χ4n) is 2.30. The zero-order chi connectivity index (χ0) is 18.9. The molecule has 0 atom stereocenters. The molecule has 140 valence electrons. The van der Waals surface area contributed by atoms with Gasteiger partial charge < -0.3 is 14.4 Å². The summed E-state index contributed by atoms with van der Waals surface area (Å²) >= 11 is 1.28. The van der Waals surface area contributed by atoms with Crippen molar-refractivity contribution in [3.05, 3.63) is 51.7 Å². The van der Waals surface area contributed by atoms with Crippen molar-refractivity contribution in [1.29, 1.82) is 0 Å². The van der Waals surface area contributed by atoms with Crippen LogP contribution in [0.4, 0.5) is 4.39 Å². The van der Waals surface area contributed by atoms with Crippen molar-refractivity contribution < 1.29 is 23.5 Å². The maximum Gasteiger partial charge on any atom is 0.357 e. The Labute approximate surface area is 155 Å². The fourth-order valence-corrected chi connectivity index (χ4v) is 3.08. The van der Waals surface area contributed by atoms with E-state index < -0.39 is 11.8 Å². The zero-order valence-corrected chi connectivity index (χ0v) is 15.6. The predicted octanol–water partition coefficient (Wildman–Crippen LogP) is 3.14. The van der Waals surface area contributed by atoms with Gasteiger partial charge >= 0.3 is 5.97 Å². The molecule has 1 aromatic carbocycles. The molecule has 0 aliphatic carbocycles. The van der Waals surface area contributed by atoms with Crippen LogP contribution < -0.4 is 0 Å². The van der Waals surface area contributed by atoms with E-state index in [-0.39, 0.29) is 30.3 Å². The average Bonchev–Trinajstić information content (AvgIpc) is 3.09. The molecule has 0 saturated carbocycles. The number of hydrogen-bond donors (Lipinski definition) is 0. The first-order valence-electron chi connectivity index (χ1n) is 8.20. The van der Waals surface area contributed by atoms with E-state index >= 15 is 0 Å². The van der Waals surface area contributed by atoms with E-state index in [4.69, 9.17) is 9.47 Å². The number of carbonyl (C=O) groups excluding carboxylic acids is 2. The van der Waals surface area contributed by atoms with Gasteiger partial charge in [0.15, 0.2) is 5.69 Å². The van der Waals surface area contributed by atoms with E-state index in [1.807, 2.05) is 0 Å². The van der Waals surface area contributed by atoms with Gasteiger partial charge in [-0.3, -0.25) is 4.79 Å². The summed E-state index contributed by atoms with van der Waals surface area (Å²) in [7, 11) is 1.59. The van der Waals surface area contributed by atoms with Gasteiger partial charge in [-0.25, -0.2) is 14.2 Å². The third-order valence-electron chi connectivity index (χ3n) is 3.50. The Hall–Kier alpha value is -2.32. The molecule has 26 heavy (non-hydrogen) atoms. The molecule has 2 rings (SSSR count). The standard InChI is InChI=1S/C18H21FN2O4S/c1-3-25-18(23)15-12-26-16(20-15)11-21(8-5-9-24-2)17(22)13-6-4-7-14(19)10-13/h4,6-7,10,12H,3,5,8-9,11H2,1-2H3. The van der Waals surface area contributed by atoms with Crippen molar-refractivity contribution in [3.63, 3.8) is 0 Å². The Morgan fingerprint density at radius 2 is 2.15 bits per heavy atom. The van der Waals surface area contributed by atoms with Gasteiger partial charge in [0.2, 0.25) is 0 Å². The lowest BCUT2D eigenvalue weighted by molar-refractivity contribution is 0.0520. The Balaban J connectivity index is 2.14. The molecule has 0 aliphatic rings. The normalized spacial score (nSPS) is 10.6. The van der Waals surface area contributed by atoms with Gasteiger partial charge in [-0.15, -0.1) is 11.3 Å². The van der Waals surface area contributed by atoms with Crippen LogP contribution >= 0.6 is 11.3 Å². The summed E-state index contributed by atoms with van der Waals surface area (Å²) < 4.78 is 23.4. The first-order chi connectivity index (χ1) is 12.5. The highest BCUT2D eigenvalue weighted by Crippen LogP contribution is 2.16. The summed E-state index contributed by atoms with van der Waals surface area (Å²) in [5.41, 5.74) is 0.492. The molecule has 1 heterocycles. The summed E-state index contributed by atoms with van der Waals surface area (Å²) in [5, 5.41) is 2.21. The Kier molecular flexibility index (Phi) is 7.68. The zero-order valence-electron chi connectivity index (χ0n) is 14.7. The lowest BCUT2D eigenvalue weighted by atomic mass is 10.2. The minimum Gasteiger partial charge on any atom is -0.461 e. The van der Waals surface area contributed by atoms with Gasteiger partial charge in [0.25, 0.3) is 5.91 Å². The van der Waals surface area contributed by atoms with Crippen molar-refractivity contribution in [3.8, 4) is 0 Å². The number of hydrogen-bond acceptors (Lipinski definition) is 6. The van der Waals surface area contributed by atoms with Crippen LogP contribution in [0.15, 0.2) is 29.6 Å². The molecule has 0 aliphatic heterocycles. The highest BCUT2D eigenvalue weighted by Gasteiger charge is 2.19. The monoisotopic (exact) mass is 380 g/mol. The fraction of sp³-hybridized carbons (Fsp3) is 0.389. The van der Waals surface area contributed by atoms with Gasteiger partial charge in [-0.1, -0.05) is 6.07 Å². The third kappa shape index (κ3) is 5.60. The van der Waals surface area contributed by atoms with Crippen LogP contribution in [0.1, 0.15) is 39.2 Å². The molecule has 0 saturated heterocycles. The number of thiazole rings is 1. The second-order valence-electron chi connectivity index (χ2n) is 5.43. The average molecular weight is 380 g/mol. The summed E-state index contributed by atoms with van der Waals surface area (Å²) in [6.45, 7) is 3.15. The van der Waals surface area contributed by atoms with Crippen molar-refractivity contribution in [2.75, 3.05) is 26.9 Å². The molecule has 2 aromatic rings. The third-order valence-corrected chi connectivity index (χ3v) is 4.33. The largest absolute Gasteiger partial charge is 0.461 e. The number of nitrogens with zero attached hydrogens (tertiary/aromatic N) is 2.